The maximum absolute atomic E-state index is 11.4. The Kier molecular flexibility index (Phi) is 37.3. The molecule has 0 saturated carbocycles. The molecule has 0 bridgehead atoms. The molecule has 26 heterocycles. The monoisotopic (exact) mass is 2040 g/mol. The van der Waals surface area contributed by atoms with Gasteiger partial charge < -0.3 is 57.1 Å². The van der Waals surface area contributed by atoms with Crippen LogP contribution in [0.2, 0.25) is 0 Å². The van der Waals surface area contributed by atoms with Gasteiger partial charge in [0.2, 0.25) is 23.6 Å². The molecule has 8 amide bonds. The van der Waals surface area contributed by atoms with Crippen LogP contribution in [-0.2, 0) is 125 Å². The van der Waals surface area contributed by atoms with Crippen molar-refractivity contribution < 1.29 is 52.2 Å². The maximum Gasteiger partial charge on any atom is 0.262 e. The predicted molar refractivity (Wildman–Crippen MR) is 569 cm³/mol. The van der Waals surface area contributed by atoms with Gasteiger partial charge in [-0.15, -0.1) is 23.1 Å². The van der Waals surface area contributed by atoms with Gasteiger partial charge >= 0.3 is 0 Å². The fraction of sp³-hybridized carbons (Fsp3) is 0.645. The van der Waals surface area contributed by atoms with E-state index in [1.165, 1.54) is 189 Å². The van der Waals surface area contributed by atoms with Crippen molar-refractivity contribution in [3.05, 3.63) is 160 Å². The van der Waals surface area contributed by atoms with Crippen LogP contribution in [-0.4, -0.2) is 444 Å². The number of aromatic nitrogens is 6. The van der Waals surface area contributed by atoms with E-state index in [1.807, 2.05) is 67.0 Å². The predicted octanol–water partition coefficient (Wildman–Crippen LogP) is 6.94. The number of aliphatic imine (C=N–C) groups is 2. The molecule has 2 aliphatic carbocycles. The molecule has 8 saturated heterocycles. The summed E-state index contributed by atoms with van der Waals surface area (Å²) in [7, 11) is 39.7. The second kappa shape index (κ2) is 48.5. The zero-order valence-electron chi connectivity index (χ0n) is 90.0. The molecule has 6 aromatic rings. The van der Waals surface area contributed by atoms with E-state index < -0.39 is 0 Å². The summed E-state index contributed by atoms with van der Waals surface area (Å²) in [5, 5.41) is 3.26. The minimum absolute atomic E-state index is 0. The summed E-state index contributed by atoms with van der Waals surface area (Å²) in [6.45, 7) is 37.1. The lowest BCUT2D eigenvalue weighted by Crippen LogP contribution is -2.32. The van der Waals surface area contributed by atoms with Gasteiger partial charge in [0.15, 0.2) is 11.8 Å². The van der Waals surface area contributed by atoms with Crippen LogP contribution in [0.3, 0.4) is 0 Å². The highest BCUT2D eigenvalue weighted by Gasteiger charge is 2.52. The first-order valence-corrected chi connectivity index (χ1v) is 52.9. The summed E-state index contributed by atoms with van der Waals surface area (Å²) in [4.78, 5) is 147. The fourth-order valence-electron chi connectivity index (χ4n) is 23.7. The number of oxazole rings is 1. The zero-order chi connectivity index (χ0) is 103. The summed E-state index contributed by atoms with van der Waals surface area (Å²) >= 11 is 3.78. The number of fused-ring (bicyclic) bond motifs is 11. The Bertz CT molecular complexity index is 5350. The molecular weight excluding hydrogens is 1880 g/mol. The zero-order valence-corrected chi connectivity index (χ0v) is 91.6. The number of likely N-dealkylation sites (N-methyl/N-ethyl adjacent to an activating group) is 7. The van der Waals surface area contributed by atoms with Gasteiger partial charge in [0.1, 0.15) is 17.9 Å². The second-order valence-corrected chi connectivity index (χ2v) is 46.7. The van der Waals surface area contributed by atoms with E-state index >= 15 is 0 Å². The topological polar surface area (TPSA) is 304 Å². The SMILES string of the molecule is C.CC1=NC2CN(C)CC2O1.CC1=NC2CN(C)CC2S1.CN1C(=O)C2COCC2C1=O.CN1C(=O)c2cn(C)cc2C1=O.CN1CC2=C(C1)C(=O)N(C)C2=O.CN1CC2=C(C1)CN(C)C2.CN1CC2=C(CCC2)C1.CN1CC2C(=O)N(C)C(=O)C2C1.CN1CC2CN(C)CC2C1.CN1Cc2cc[nH]c2C1.CN1Cc2cn(C)cc2C1.Cc1nc2c(o1)CN(C)C2.Cc1nc2c(s1)CN(C)C2.Cn1cc2c(c1)CCC2. The standard InChI is InChI=1S/C8H12N2O2.C8H10N2O2.C8H8N2O2.C8H16N2.C8H14N2.C8H12N2.C8H13N.C8H11N.C7H12N2O.C7H10N2O.C7H12N2S.C7H10N2S.C7H10N2.C7H9NO3.CH4/c3*1-9-3-5-6(4-9)8(12)10(2)7(5)11;3*1-9-3-7-5-10(2)6-8(7)4-9;2*1-9-5-7-3-2-4-8(7)6-9;4*1-5-8-6-3-9(2)4-7(6)10-5;1-9-4-6-2-3-8-7(6)5-9;1-8-6(9)4-2-11-3-5(4)7(8)10;/h5-6H,3-4H2,1-2H3;3-4H2,1-2H3;3-4H,1-2H3;7-8H,3-6H2,1-2H3;3-6H2,1-2H3;3-4H,5-6H2,1-2H3;2-6H2,1H3;5-6H,2-4H2,1H3;6-7H,3-4H2,1-2H3;3-4H2,1-2H3;6-7H,3-4H2,1-2H3;3-4H2,1-2H3;2-3,8H,4-5H2,1H3;4-5H,2-3H2,1H3;1H4. The van der Waals surface area contributed by atoms with Gasteiger partial charge in [0, 0.05) is 297 Å². The molecule has 794 valence electrons. The summed E-state index contributed by atoms with van der Waals surface area (Å²) in [5.74, 6) is 3.30. The Balaban J connectivity index is 0.000000124. The minimum Gasteiger partial charge on any atom is -0.474 e. The number of hydrogen-bond acceptors (Lipinski definition) is 30. The van der Waals surface area contributed by atoms with Crippen LogP contribution in [0.25, 0.3) is 0 Å². The number of ether oxygens (including phenoxy) is 2. The van der Waals surface area contributed by atoms with Crippen LogP contribution >= 0.6 is 23.1 Å². The molecule has 38 heteroatoms. The Hall–Kier alpha value is -9.33. The normalized spacial score (nSPS) is 27.0. The molecule has 22 aliphatic rings. The van der Waals surface area contributed by atoms with Crippen molar-refractivity contribution in [3.63, 3.8) is 0 Å². The van der Waals surface area contributed by atoms with Crippen LogP contribution in [0.1, 0.15) is 134 Å². The van der Waals surface area contributed by atoms with Gasteiger partial charge in [-0.05, 0) is 201 Å². The summed E-state index contributed by atoms with van der Waals surface area (Å²) < 4.78 is 21.8. The first-order chi connectivity index (χ1) is 68.4. The lowest BCUT2D eigenvalue weighted by atomic mass is 10.00. The van der Waals surface area contributed by atoms with Gasteiger partial charge in [-0.25, -0.2) is 15.0 Å². The Morgan fingerprint density at radius 3 is 1.29 bits per heavy atom. The molecule has 36 nitrogen and oxygen atoms in total. The molecule has 6 aromatic heterocycles. The molecule has 0 aromatic carbocycles. The average molecular weight is 2040 g/mol. The number of nitrogens with zero attached hydrogens (tertiary/aromatic N) is 24. The Labute approximate surface area is 867 Å². The number of carbonyl (C=O) groups is 8. The van der Waals surface area contributed by atoms with Crippen molar-refractivity contribution in [3.8, 4) is 0 Å². The van der Waals surface area contributed by atoms with E-state index in [-0.39, 0.29) is 78.4 Å². The van der Waals surface area contributed by atoms with Crippen molar-refractivity contribution in [2.45, 2.75) is 149 Å². The molecule has 0 radical (unpaired) electrons. The summed E-state index contributed by atoms with van der Waals surface area (Å²) in [6, 6.07) is 3.18. The van der Waals surface area contributed by atoms with Crippen molar-refractivity contribution in [2.75, 3.05) is 251 Å². The summed E-state index contributed by atoms with van der Waals surface area (Å²) in [6.07, 6.45) is 22.8. The van der Waals surface area contributed by atoms with Gasteiger partial charge in [-0.1, -0.05) is 18.6 Å². The number of likely N-dealkylation sites (tertiary alicyclic amines) is 8. The van der Waals surface area contributed by atoms with Gasteiger partial charge in [-0.3, -0.25) is 102 Å². The van der Waals surface area contributed by atoms with Crippen molar-refractivity contribution in [2.24, 2.45) is 66.6 Å². The highest BCUT2D eigenvalue weighted by molar-refractivity contribution is 8.14. The maximum atomic E-state index is 11.4. The number of thioether (sulfide) groups is 1. The van der Waals surface area contributed by atoms with Crippen LogP contribution in [0.4, 0.5) is 0 Å². The van der Waals surface area contributed by atoms with Gasteiger partial charge in [0.25, 0.3) is 23.6 Å². The largest absolute Gasteiger partial charge is 0.474 e. The third-order valence-electron chi connectivity index (χ3n) is 30.6. The molecule has 8 unspecified atom stereocenters. The third-order valence-corrected chi connectivity index (χ3v) is 32.8. The van der Waals surface area contributed by atoms with E-state index in [9.17, 15) is 38.4 Å². The van der Waals surface area contributed by atoms with Crippen LogP contribution in [0.15, 0.2) is 97.3 Å². The smallest absolute Gasteiger partial charge is 0.262 e. The van der Waals surface area contributed by atoms with Crippen molar-refractivity contribution in [1.29, 1.82) is 0 Å². The number of imide groups is 4. The van der Waals surface area contributed by atoms with Crippen molar-refractivity contribution in [1.82, 2.24) is 112 Å². The first-order valence-electron chi connectivity index (χ1n) is 51.2. The number of H-pyrrole nitrogens is 1. The number of carbonyl (C=O) groups excluding carboxylic acids is 8. The number of amides is 8. The fourth-order valence-corrected chi connectivity index (χ4v) is 26.0. The number of aryl methyl sites for hydroxylation is 7. The van der Waals surface area contributed by atoms with E-state index in [1.54, 1.807) is 64.5 Å². The number of hydrogen-bond donors (Lipinski definition) is 1. The average Bonchev–Trinajstić information content (AvgIpc) is 1.63. The first kappa shape index (κ1) is 111. The number of rotatable bonds is 0. The lowest BCUT2D eigenvalue weighted by Gasteiger charge is -2.14. The number of nitrogens with one attached hydrogen (secondary N) is 1. The quantitative estimate of drug-likeness (QED) is 0.119. The second-order valence-electron chi connectivity index (χ2n) is 44.0. The minimum atomic E-state index is -0.212. The van der Waals surface area contributed by atoms with Crippen LogP contribution in [0, 0.1) is 49.4 Å². The van der Waals surface area contributed by atoms with Crippen LogP contribution < -0.4 is 0 Å². The van der Waals surface area contributed by atoms with Crippen molar-refractivity contribution >= 4 is 81.3 Å². The lowest BCUT2D eigenvalue weighted by molar-refractivity contribution is -0.140. The Morgan fingerprint density at radius 2 is 0.786 bits per heavy atom. The summed E-state index contributed by atoms with van der Waals surface area (Å²) in [5.41, 5.74) is 20.6. The van der Waals surface area contributed by atoms with E-state index in [0.717, 1.165) is 130 Å². The molecule has 8 fully saturated rings. The van der Waals surface area contributed by atoms with Crippen LogP contribution in [0.5, 0.6) is 0 Å². The molecule has 145 heavy (non-hydrogen) atoms. The number of thiazole rings is 1. The molecule has 0 spiro atoms. The molecule has 20 aliphatic heterocycles. The Morgan fingerprint density at radius 1 is 0.366 bits per heavy atom. The molecule has 8 atom stereocenters. The van der Waals surface area contributed by atoms with Gasteiger partial charge in [0.05, 0.1) is 82.0 Å². The molecule has 1 N–H and O–H groups in total. The number of aromatic amines is 1. The van der Waals surface area contributed by atoms with E-state index in [0.29, 0.717) is 66.8 Å². The van der Waals surface area contributed by atoms with E-state index in [4.69, 9.17) is 13.9 Å². The molecular formula is C107H163N25O11S2. The molecule has 28 rings (SSSR count). The third kappa shape index (κ3) is 27.3. The van der Waals surface area contributed by atoms with Gasteiger partial charge in [-0.2, -0.15) is 0 Å². The highest BCUT2D eigenvalue weighted by Crippen LogP contribution is 2.38. The van der Waals surface area contributed by atoms with E-state index in [2.05, 4.69) is 224 Å². The highest BCUT2D eigenvalue weighted by atomic mass is 32.2.